The Bertz CT molecular complexity index is 1120. The van der Waals surface area contributed by atoms with Crippen LogP contribution < -0.4 is 14.9 Å². The zero-order chi connectivity index (χ0) is 22.2. The molecule has 9 heteroatoms. The van der Waals surface area contributed by atoms with Gasteiger partial charge in [0.1, 0.15) is 11.5 Å². The van der Waals surface area contributed by atoms with E-state index in [2.05, 4.69) is 10.5 Å². The van der Waals surface area contributed by atoms with Crippen LogP contribution in [0.1, 0.15) is 15.9 Å². The summed E-state index contributed by atoms with van der Waals surface area (Å²) in [5.41, 5.74) is 3.29. The van der Waals surface area contributed by atoms with Gasteiger partial charge in [0.25, 0.3) is 5.91 Å². The van der Waals surface area contributed by atoms with Crippen molar-refractivity contribution in [2.24, 2.45) is 5.10 Å². The van der Waals surface area contributed by atoms with Gasteiger partial charge in [0.15, 0.2) is 6.61 Å². The van der Waals surface area contributed by atoms with Gasteiger partial charge in [-0.2, -0.15) is 5.10 Å². The number of hydrazone groups is 1. The van der Waals surface area contributed by atoms with Crippen LogP contribution in [-0.2, 0) is 4.79 Å². The summed E-state index contributed by atoms with van der Waals surface area (Å²) in [5.74, 6) is -0.384. The van der Waals surface area contributed by atoms with E-state index in [0.29, 0.717) is 32.1 Å². The molecule has 0 fully saturated rings. The van der Waals surface area contributed by atoms with E-state index in [1.165, 1.54) is 12.3 Å². The average molecular weight is 478 g/mol. The van der Waals surface area contributed by atoms with Gasteiger partial charge in [0, 0.05) is 11.1 Å². The molecular formula is C22H15Cl3N2O4. The molecule has 0 bridgehead atoms. The molecule has 6 nitrogen and oxygen atoms in total. The summed E-state index contributed by atoms with van der Waals surface area (Å²) in [6, 6.07) is 17.9. The first-order chi connectivity index (χ1) is 14.9. The molecule has 3 aromatic rings. The molecular weight excluding hydrogens is 463 g/mol. The van der Waals surface area contributed by atoms with Crippen molar-refractivity contribution >= 4 is 52.9 Å². The Morgan fingerprint density at radius 1 is 0.935 bits per heavy atom. The van der Waals surface area contributed by atoms with Crippen LogP contribution in [0, 0.1) is 0 Å². The Morgan fingerprint density at radius 2 is 1.68 bits per heavy atom. The van der Waals surface area contributed by atoms with E-state index in [-0.39, 0.29) is 12.2 Å². The van der Waals surface area contributed by atoms with Crippen molar-refractivity contribution in [3.8, 4) is 11.5 Å². The van der Waals surface area contributed by atoms with Crippen molar-refractivity contribution in [2.45, 2.75) is 0 Å². The molecule has 0 unspecified atom stereocenters. The number of esters is 1. The van der Waals surface area contributed by atoms with E-state index in [1.54, 1.807) is 60.7 Å². The van der Waals surface area contributed by atoms with Gasteiger partial charge in [-0.1, -0.05) is 46.9 Å². The van der Waals surface area contributed by atoms with Crippen molar-refractivity contribution in [1.82, 2.24) is 5.43 Å². The Morgan fingerprint density at radius 3 is 2.42 bits per heavy atom. The molecule has 158 valence electrons. The minimum atomic E-state index is -0.556. The molecule has 0 saturated heterocycles. The summed E-state index contributed by atoms with van der Waals surface area (Å²) in [6.07, 6.45) is 1.43. The molecule has 0 aliphatic carbocycles. The quantitative estimate of drug-likeness (QED) is 0.214. The summed E-state index contributed by atoms with van der Waals surface area (Å²) < 4.78 is 10.6. The number of amides is 1. The first kappa shape index (κ1) is 22.6. The third kappa shape index (κ3) is 6.72. The third-order valence-electron chi connectivity index (χ3n) is 3.84. The molecule has 1 amide bonds. The monoisotopic (exact) mass is 476 g/mol. The number of hydrogen-bond acceptors (Lipinski definition) is 5. The van der Waals surface area contributed by atoms with E-state index in [1.807, 2.05) is 0 Å². The summed E-state index contributed by atoms with van der Waals surface area (Å²) in [7, 11) is 0. The number of ether oxygens (including phenoxy) is 2. The van der Waals surface area contributed by atoms with Crippen LogP contribution >= 0.6 is 34.8 Å². The molecule has 0 aliphatic rings. The SMILES string of the molecule is O=C(COc1cc(Cl)ccc1Cl)N/N=C/c1ccc(OC(=O)c2ccccc2Cl)cc1. The maximum atomic E-state index is 12.2. The molecule has 3 rings (SSSR count). The minimum absolute atomic E-state index is 0.277. The fourth-order valence-electron chi connectivity index (χ4n) is 2.35. The highest BCUT2D eigenvalue weighted by atomic mass is 35.5. The van der Waals surface area contributed by atoms with E-state index >= 15 is 0 Å². The number of carbonyl (C=O) groups is 2. The molecule has 3 aromatic carbocycles. The lowest BCUT2D eigenvalue weighted by atomic mass is 10.2. The lowest BCUT2D eigenvalue weighted by molar-refractivity contribution is -0.123. The zero-order valence-electron chi connectivity index (χ0n) is 15.8. The van der Waals surface area contributed by atoms with Crippen molar-refractivity contribution in [2.75, 3.05) is 6.61 Å². The van der Waals surface area contributed by atoms with Crippen LogP contribution in [0.25, 0.3) is 0 Å². The summed E-state index contributed by atoms with van der Waals surface area (Å²) in [6.45, 7) is -0.283. The lowest BCUT2D eigenvalue weighted by Crippen LogP contribution is -2.24. The highest BCUT2D eigenvalue weighted by molar-refractivity contribution is 6.34. The van der Waals surface area contributed by atoms with E-state index in [9.17, 15) is 9.59 Å². The molecule has 31 heavy (non-hydrogen) atoms. The van der Waals surface area contributed by atoms with Gasteiger partial charge in [-0.05, 0) is 54.1 Å². The molecule has 0 aliphatic heterocycles. The molecule has 0 aromatic heterocycles. The lowest BCUT2D eigenvalue weighted by Gasteiger charge is -2.07. The standard InChI is InChI=1S/C22H15Cl3N2O4/c23-15-7-10-19(25)20(11-15)30-13-21(28)27-26-12-14-5-8-16(9-6-14)31-22(29)17-3-1-2-4-18(17)24/h1-12H,13H2,(H,27,28)/b26-12+. The Hall–Kier alpha value is -3.06. The van der Waals surface area contributed by atoms with Gasteiger partial charge >= 0.3 is 5.97 Å². The van der Waals surface area contributed by atoms with Gasteiger partial charge in [0.05, 0.1) is 21.8 Å². The minimum Gasteiger partial charge on any atom is -0.482 e. The maximum Gasteiger partial charge on any atom is 0.345 e. The topological polar surface area (TPSA) is 77.0 Å². The van der Waals surface area contributed by atoms with Crippen molar-refractivity contribution < 1.29 is 19.1 Å². The molecule has 0 saturated carbocycles. The Kier molecular flexibility index (Phi) is 7.89. The first-order valence-corrected chi connectivity index (χ1v) is 10.0. The highest BCUT2D eigenvalue weighted by Crippen LogP contribution is 2.27. The largest absolute Gasteiger partial charge is 0.482 e. The van der Waals surface area contributed by atoms with Crippen molar-refractivity contribution in [3.05, 3.63) is 92.9 Å². The highest BCUT2D eigenvalue weighted by Gasteiger charge is 2.12. The summed E-state index contributed by atoms with van der Waals surface area (Å²) >= 11 is 17.8. The average Bonchev–Trinajstić information content (AvgIpc) is 2.76. The number of halogens is 3. The van der Waals surface area contributed by atoms with E-state index in [4.69, 9.17) is 44.3 Å². The fraction of sp³-hybridized carbons (Fsp3) is 0.0455. The van der Waals surface area contributed by atoms with Crippen LogP contribution in [0.5, 0.6) is 11.5 Å². The fourth-order valence-corrected chi connectivity index (χ4v) is 2.90. The number of rotatable bonds is 7. The predicted octanol–water partition coefficient (Wildman–Crippen LogP) is 5.40. The summed E-state index contributed by atoms with van der Waals surface area (Å²) in [5, 5.41) is 4.96. The third-order valence-corrected chi connectivity index (χ3v) is 4.72. The normalized spacial score (nSPS) is 10.7. The number of nitrogens with zero attached hydrogens (tertiary/aromatic N) is 1. The van der Waals surface area contributed by atoms with E-state index < -0.39 is 11.9 Å². The second kappa shape index (κ2) is 10.8. The first-order valence-electron chi connectivity index (χ1n) is 8.89. The van der Waals surface area contributed by atoms with Gasteiger partial charge < -0.3 is 9.47 Å². The Balaban J connectivity index is 1.49. The second-order valence-corrected chi connectivity index (χ2v) is 7.35. The van der Waals surface area contributed by atoms with Crippen LogP contribution in [0.3, 0.4) is 0 Å². The molecule has 0 radical (unpaired) electrons. The van der Waals surface area contributed by atoms with Gasteiger partial charge in [0.2, 0.25) is 0 Å². The molecule has 1 N–H and O–H groups in total. The second-order valence-electron chi connectivity index (χ2n) is 6.09. The predicted molar refractivity (Wildman–Crippen MR) is 121 cm³/mol. The summed E-state index contributed by atoms with van der Waals surface area (Å²) in [4.78, 5) is 24.0. The van der Waals surface area contributed by atoms with Crippen LogP contribution in [0.15, 0.2) is 71.8 Å². The number of benzene rings is 3. The van der Waals surface area contributed by atoms with E-state index in [0.717, 1.165) is 0 Å². The van der Waals surface area contributed by atoms with Gasteiger partial charge in [-0.3, -0.25) is 4.79 Å². The zero-order valence-corrected chi connectivity index (χ0v) is 18.1. The van der Waals surface area contributed by atoms with Crippen molar-refractivity contribution in [3.63, 3.8) is 0 Å². The van der Waals surface area contributed by atoms with Gasteiger partial charge in [-0.15, -0.1) is 0 Å². The molecule has 0 atom stereocenters. The van der Waals surface area contributed by atoms with Crippen LogP contribution in [0.4, 0.5) is 0 Å². The number of nitrogens with one attached hydrogen (secondary N) is 1. The smallest absolute Gasteiger partial charge is 0.345 e. The number of carbonyl (C=O) groups excluding carboxylic acids is 2. The molecule has 0 spiro atoms. The van der Waals surface area contributed by atoms with Gasteiger partial charge in [-0.25, -0.2) is 10.2 Å². The molecule has 0 heterocycles. The van der Waals surface area contributed by atoms with Crippen molar-refractivity contribution in [1.29, 1.82) is 0 Å². The van der Waals surface area contributed by atoms with Crippen LogP contribution in [0.2, 0.25) is 15.1 Å². The van der Waals surface area contributed by atoms with Crippen LogP contribution in [-0.4, -0.2) is 24.7 Å². The Labute approximate surface area is 193 Å². The maximum absolute atomic E-state index is 12.2. The number of hydrogen-bond donors (Lipinski definition) is 1.